The van der Waals surface area contributed by atoms with Crippen LogP contribution in [0.1, 0.15) is 6.92 Å². The van der Waals surface area contributed by atoms with Crippen LogP contribution in [0.3, 0.4) is 0 Å². The van der Waals surface area contributed by atoms with Gasteiger partial charge in [-0.2, -0.15) is 0 Å². The molecule has 1 atom stereocenters. The van der Waals surface area contributed by atoms with E-state index in [1.165, 1.54) is 6.92 Å². The lowest BCUT2D eigenvalue weighted by Gasteiger charge is -2.10. The van der Waals surface area contributed by atoms with Crippen LogP contribution in [0.25, 0.3) is 0 Å². The summed E-state index contributed by atoms with van der Waals surface area (Å²) in [5.41, 5.74) is 0. The third-order valence-corrected chi connectivity index (χ3v) is 2.89. The molecule has 1 N–H and O–H groups in total. The van der Waals surface area contributed by atoms with Gasteiger partial charge in [0.25, 0.3) is 0 Å². The molecule has 0 radical (unpaired) electrons. The van der Waals surface area contributed by atoms with Crippen molar-refractivity contribution in [1.82, 2.24) is 0 Å². The summed E-state index contributed by atoms with van der Waals surface area (Å²) in [5, 5.41) is 7.97. The van der Waals surface area contributed by atoms with Crippen molar-refractivity contribution in [3.8, 4) is 0 Å². The van der Waals surface area contributed by atoms with E-state index in [0.717, 1.165) is 0 Å². The fourth-order valence-corrected chi connectivity index (χ4v) is 1.79. The van der Waals surface area contributed by atoms with E-state index in [2.05, 4.69) is 0 Å². The summed E-state index contributed by atoms with van der Waals surface area (Å²) in [6, 6.07) is 0. The van der Waals surface area contributed by atoms with Gasteiger partial charge in [0.2, 0.25) is 5.82 Å². The van der Waals surface area contributed by atoms with Crippen LogP contribution in [-0.2, 0) is 0 Å². The van der Waals surface area contributed by atoms with Crippen molar-refractivity contribution in [1.29, 1.82) is 0 Å². The first-order valence-corrected chi connectivity index (χ1v) is 5.07. The zero-order valence-corrected chi connectivity index (χ0v) is 8.85. The summed E-state index contributed by atoms with van der Waals surface area (Å²) in [7, 11) is 0. The van der Waals surface area contributed by atoms with Crippen LogP contribution < -0.4 is 0 Å². The molecule has 1 unspecified atom stereocenters. The van der Waals surface area contributed by atoms with E-state index >= 15 is 0 Å². The molecule has 0 amide bonds. The first-order valence-electron chi connectivity index (χ1n) is 4.19. The first-order chi connectivity index (χ1) is 7.40. The maximum atomic E-state index is 13.1. The van der Waals surface area contributed by atoms with E-state index in [1.54, 1.807) is 0 Å². The molecule has 1 nitrogen and oxygen atoms in total. The highest BCUT2D eigenvalue weighted by Gasteiger charge is 2.26. The minimum atomic E-state index is -2.18. The highest BCUT2D eigenvalue weighted by Crippen LogP contribution is 2.32. The van der Waals surface area contributed by atoms with Crippen LogP contribution in [0.2, 0.25) is 0 Å². The molecule has 1 aromatic rings. The third-order valence-electron chi connectivity index (χ3n) is 1.75. The standard InChI is InChI=1S/C9H7F5OS/c1-3(2-15)16-9-7(13)5(11)4(10)6(12)8(9)14/h3,15H,2H2,1H3. The Labute approximate surface area is 92.3 Å². The average Bonchev–Trinajstić information content (AvgIpc) is 2.29. The van der Waals surface area contributed by atoms with Crippen molar-refractivity contribution in [3.05, 3.63) is 29.1 Å². The molecule has 1 aromatic carbocycles. The molecule has 16 heavy (non-hydrogen) atoms. The molecular weight excluding hydrogens is 251 g/mol. The monoisotopic (exact) mass is 258 g/mol. The van der Waals surface area contributed by atoms with Gasteiger partial charge in [-0.1, -0.05) is 6.92 Å². The molecule has 0 saturated heterocycles. The Bertz CT molecular complexity index is 380. The molecule has 0 spiro atoms. The molecule has 0 aliphatic rings. The number of aliphatic hydroxyl groups excluding tert-OH is 1. The Morgan fingerprint density at radius 1 is 0.938 bits per heavy atom. The van der Waals surface area contributed by atoms with Crippen molar-refractivity contribution >= 4 is 11.8 Å². The molecule has 7 heteroatoms. The molecule has 1 rings (SSSR count). The number of halogens is 5. The second-order valence-electron chi connectivity index (χ2n) is 3.01. The second kappa shape index (κ2) is 5.01. The third kappa shape index (κ3) is 2.30. The van der Waals surface area contributed by atoms with Crippen LogP contribution in [0.4, 0.5) is 22.0 Å². The van der Waals surface area contributed by atoms with Crippen LogP contribution in [0, 0.1) is 29.1 Å². The van der Waals surface area contributed by atoms with E-state index in [1.807, 2.05) is 0 Å². The van der Waals surface area contributed by atoms with Gasteiger partial charge in [-0.05, 0) is 0 Å². The lowest BCUT2D eigenvalue weighted by molar-refractivity contribution is 0.299. The van der Waals surface area contributed by atoms with Crippen LogP contribution in [-0.4, -0.2) is 17.0 Å². The Morgan fingerprint density at radius 3 is 1.69 bits per heavy atom. The zero-order chi connectivity index (χ0) is 12.5. The summed E-state index contributed by atoms with van der Waals surface area (Å²) < 4.78 is 64.2. The quantitative estimate of drug-likeness (QED) is 0.389. The number of hydrogen-bond acceptors (Lipinski definition) is 2. The fourth-order valence-electron chi connectivity index (χ4n) is 0.927. The number of aliphatic hydroxyl groups is 1. The van der Waals surface area contributed by atoms with Gasteiger partial charge < -0.3 is 5.11 Å². The molecule has 0 heterocycles. The Balaban J connectivity index is 3.28. The van der Waals surface area contributed by atoms with E-state index in [-0.39, 0.29) is 0 Å². The van der Waals surface area contributed by atoms with E-state index in [0.29, 0.717) is 11.8 Å². The van der Waals surface area contributed by atoms with Crippen molar-refractivity contribution in [2.75, 3.05) is 6.61 Å². The molecule has 0 bridgehead atoms. The van der Waals surface area contributed by atoms with Gasteiger partial charge in [-0.3, -0.25) is 0 Å². The van der Waals surface area contributed by atoms with Gasteiger partial charge in [-0.15, -0.1) is 11.8 Å². The number of benzene rings is 1. The van der Waals surface area contributed by atoms with Crippen molar-refractivity contribution < 1.29 is 27.1 Å². The topological polar surface area (TPSA) is 20.2 Å². The molecule has 0 aromatic heterocycles. The van der Waals surface area contributed by atoms with Gasteiger partial charge >= 0.3 is 0 Å². The first kappa shape index (κ1) is 13.2. The fraction of sp³-hybridized carbons (Fsp3) is 0.333. The zero-order valence-electron chi connectivity index (χ0n) is 8.03. The van der Waals surface area contributed by atoms with Crippen molar-refractivity contribution in [3.63, 3.8) is 0 Å². The highest BCUT2D eigenvalue weighted by molar-refractivity contribution is 8.00. The van der Waals surface area contributed by atoms with Crippen molar-refractivity contribution in [2.24, 2.45) is 0 Å². The Morgan fingerprint density at radius 2 is 1.31 bits per heavy atom. The highest BCUT2D eigenvalue weighted by atomic mass is 32.2. The van der Waals surface area contributed by atoms with E-state index in [9.17, 15) is 22.0 Å². The van der Waals surface area contributed by atoms with Gasteiger partial charge in [0.1, 0.15) is 0 Å². The molecule has 90 valence electrons. The normalized spacial score (nSPS) is 12.9. The maximum Gasteiger partial charge on any atom is 0.200 e. The number of thioether (sulfide) groups is 1. The Kier molecular flexibility index (Phi) is 4.15. The van der Waals surface area contributed by atoms with E-state index < -0.39 is 45.8 Å². The molecular formula is C9H7F5OS. The lowest BCUT2D eigenvalue weighted by Crippen LogP contribution is -2.08. The van der Waals surface area contributed by atoms with Crippen LogP contribution in [0.15, 0.2) is 4.90 Å². The summed E-state index contributed by atoms with van der Waals surface area (Å²) in [5.74, 6) is -9.89. The minimum absolute atomic E-state index is 0.387. The maximum absolute atomic E-state index is 13.1. The Hall–Kier alpha value is -0.820. The van der Waals surface area contributed by atoms with Gasteiger partial charge in [-0.25, -0.2) is 22.0 Å². The largest absolute Gasteiger partial charge is 0.395 e. The summed E-state index contributed by atoms with van der Waals surface area (Å²) >= 11 is 0.387. The van der Waals surface area contributed by atoms with Gasteiger partial charge in [0.05, 0.1) is 11.5 Å². The van der Waals surface area contributed by atoms with Crippen LogP contribution in [0.5, 0.6) is 0 Å². The van der Waals surface area contributed by atoms with Gasteiger partial charge in [0.15, 0.2) is 23.3 Å². The SMILES string of the molecule is CC(CO)Sc1c(F)c(F)c(F)c(F)c1F. The minimum Gasteiger partial charge on any atom is -0.395 e. The molecule has 0 saturated carbocycles. The molecule has 0 aliphatic heterocycles. The van der Waals surface area contributed by atoms with E-state index in [4.69, 9.17) is 5.11 Å². The van der Waals surface area contributed by atoms with Crippen molar-refractivity contribution in [2.45, 2.75) is 17.1 Å². The summed E-state index contributed by atoms with van der Waals surface area (Å²) in [6.45, 7) is 0.951. The molecule has 0 aliphatic carbocycles. The lowest BCUT2D eigenvalue weighted by atomic mass is 10.3. The number of rotatable bonds is 3. The second-order valence-corrected chi connectivity index (χ2v) is 4.46. The predicted octanol–water partition coefficient (Wildman–Crippen LogP) is 2.86. The van der Waals surface area contributed by atoms with Crippen LogP contribution >= 0.6 is 11.8 Å². The smallest absolute Gasteiger partial charge is 0.200 e. The average molecular weight is 258 g/mol. The van der Waals surface area contributed by atoms with Gasteiger partial charge in [0, 0.05) is 5.25 Å². The summed E-state index contributed by atoms with van der Waals surface area (Å²) in [4.78, 5) is -0.974. The molecule has 0 fully saturated rings. The predicted molar refractivity (Wildman–Crippen MR) is 48.6 cm³/mol. The summed E-state index contributed by atoms with van der Waals surface area (Å²) in [6.07, 6.45) is 0. The number of hydrogen-bond donors (Lipinski definition) is 1.